The van der Waals surface area contributed by atoms with Crippen LogP contribution in [0.2, 0.25) is 0 Å². The van der Waals surface area contributed by atoms with Crippen LogP contribution in [0.1, 0.15) is 110 Å². The molecule has 0 spiro atoms. The van der Waals surface area contributed by atoms with Gasteiger partial charge in [0.25, 0.3) is 11.8 Å². The fourth-order valence-electron chi connectivity index (χ4n) is 10.7. The number of anilines is 2. The number of carbonyl (C=O) groups is 4. The van der Waals surface area contributed by atoms with Gasteiger partial charge in [0.15, 0.2) is 0 Å². The molecule has 1 aliphatic heterocycles. The molecule has 1 fully saturated rings. The topological polar surface area (TPSA) is 195 Å². The summed E-state index contributed by atoms with van der Waals surface area (Å²) in [7, 11) is 0. The van der Waals surface area contributed by atoms with Gasteiger partial charge in [-0.3, -0.25) is 14.4 Å². The summed E-state index contributed by atoms with van der Waals surface area (Å²) in [4.78, 5) is 51.0. The number of hydrogen-bond donors (Lipinski definition) is 5. The number of halogens is 2. The van der Waals surface area contributed by atoms with Crippen molar-refractivity contribution >= 4 is 72.9 Å². The van der Waals surface area contributed by atoms with Crippen LogP contribution in [0.4, 0.5) is 20.2 Å². The van der Waals surface area contributed by atoms with Gasteiger partial charge in [-0.2, -0.15) is 0 Å². The number of hydrogen-bond acceptors (Lipinski definition) is 9. The monoisotopic (exact) mass is 1140 g/mol. The largest absolute Gasteiger partial charge is 2.00 e. The molecule has 1 saturated heterocycles. The molecule has 8 aromatic rings. The van der Waals surface area contributed by atoms with E-state index in [1.54, 1.807) is 36.4 Å². The summed E-state index contributed by atoms with van der Waals surface area (Å²) in [6, 6.07) is 50.0. The van der Waals surface area contributed by atoms with Crippen LogP contribution in [0, 0.1) is 11.6 Å². The van der Waals surface area contributed by atoms with Crippen LogP contribution < -0.4 is 15.7 Å². The third-order valence-electron chi connectivity index (χ3n) is 14.1. The van der Waals surface area contributed by atoms with Gasteiger partial charge in [0.2, 0.25) is 0 Å². The van der Waals surface area contributed by atoms with Gasteiger partial charge in [0, 0.05) is 72.2 Å². The molecule has 82 heavy (non-hydrogen) atoms. The van der Waals surface area contributed by atoms with E-state index in [0.717, 1.165) is 39.3 Å². The molecule has 16 heteroatoms. The van der Waals surface area contributed by atoms with Crippen molar-refractivity contribution in [2.75, 3.05) is 10.6 Å². The van der Waals surface area contributed by atoms with Gasteiger partial charge in [-0.1, -0.05) is 125 Å². The van der Waals surface area contributed by atoms with Crippen LogP contribution in [-0.2, 0) is 27.4 Å². The number of aromatic nitrogens is 2. The van der Waals surface area contributed by atoms with Crippen molar-refractivity contribution in [3.8, 4) is 44.8 Å². The zero-order chi connectivity index (χ0) is 57.7. The van der Waals surface area contributed by atoms with Crippen LogP contribution in [0.15, 0.2) is 170 Å². The van der Waals surface area contributed by atoms with Crippen molar-refractivity contribution in [2.24, 2.45) is 0 Å². The minimum atomic E-state index is -1.39. The molecule has 0 radical (unpaired) electrons. The zero-order valence-electron chi connectivity index (χ0n) is 46.4. The molecular weight excluding hydrogens is 1070 g/mol. The zero-order valence-corrected chi connectivity index (χ0v) is 48.6. The van der Waals surface area contributed by atoms with Gasteiger partial charge in [0.1, 0.15) is 17.7 Å². The van der Waals surface area contributed by atoms with E-state index >= 15 is 0 Å². The molecule has 4 atom stereocenters. The number of aliphatic carboxylic acids is 1. The Morgan fingerprint density at radius 3 is 1.39 bits per heavy atom. The predicted molar refractivity (Wildman–Crippen MR) is 314 cm³/mol. The van der Waals surface area contributed by atoms with Crippen LogP contribution in [-0.4, -0.2) is 110 Å². The quantitative estimate of drug-likeness (QED) is 0.0364. The molecule has 2 aromatic heterocycles. The third kappa shape index (κ3) is 15.6. The van der Waals surface area contributed by atoms with Crippen LogP contribution >= 0.6 is 0 Å². The molecule has 1 aliphatic rings. The van der Waals surface area contributed by atoms with Gasteiger partial charge in [0.05, 0.1) is 47.2 Å². The van der Waals surface area contributed by atoms with Crippen molar-refractivity contribution in [1.82, 2.24) is 9.13 Å². The third-order valence-corrected chi connectivity index (χ3v) is 14.1. The minimum absolute atomic E-state index is 0. The van der Waals surface area contributed by atoms with Gasteiger partial charge in [-0.25, -0.2) is 8.78 Å². The summed E-state index contributed by atoms with van der Waals surface area (Å²) in [6.45, 7) is 8.74. The average Bonchev–Trinajstić information content (AvgIpc) is 3.77. The molecule has 0 aliphatic carbocycles. The summed E-state index contributed by atoms with van der Waals surface area (Å²) < 4.78 is 37.7. The SMILES string of the molecule is CC(C)c1c(C(=O)Nc2ccccc2)c(-c2ccccc2)c(-c2ccc(F)cc2)n1CC[C@@H](O)C[C@@H](O)CC(=O)[O-].CC(C)c1c(C(=O)Nc2ccccc2)c(-c2ccccc2)c(-c2ccc(F)cc2)n1CC[C@@H]1C[C@@H](O)CC(=O)O1.[Ca+2]. The average molecular weight is 1140 g/mol. The molecule has 420 valence electrons. The van der Waals surface area contributed by atoms with Crippen molar-refractivity contribution in [2.45, 2.75) is 116 Å². The fourth-order valence-corrected chi connectivity index (χ4v) is 10.7. The van der Waals surface area contributed by atoms with Crippen LogP contribution in [0.3, 0.4) is 0 Å². The molecule has 0 saturated carbocycles. The first-order chi connectivity index (χ1) is 39.0. The Kier molecular flexibility index (Phi) is 22.2. The van der Waals surface area contributed by atoms with E-state index in [2.05, 4.69) is 15.2 Å². The number of para-hydroxylation sites is 2. The number of cyclic esters (lactones) is 1. The maximum absolute atomic E-state index is 14.1. The fraction of sp³-hybridized carbons (Fsp3) is 0.273. The van der Waals surface area contributed by atoms with E-state index in [-0.39, 0.29) is 93.0 Å². The van der Waals surface area contributed by atoms with Gasteiger partial charge < -0.3 is 49.7 Å². The van der Waals surface area contributed by atoms with E-state index < -0.39 is 48.6 Å². The maximum Gasteiger partial charge on any atom is 2.00 e. The molecule has 0 unspecified atom stereocenters. The Morgan fingerprint density at radius 1 is 0.598 bits per heavy atom. The number of carboxylic acid groups (broad SMARTS) is 1. The van der Waals surface area contributed by atoms with E-state index in [1.165, 1.54) is 24.3 Å². The molecule has 13 nitrogen and oxygen atoms in total. The number of ether oxygens (including phenoxy) is 1. The molecule has 2 amide bonds. The number of carboxylic acids is 1. The van der Waals surface area contributed by atoms with E-state index in [0.29, 0.717) is 58.7 Å². The number of aliphatic hydroxyl groups is 3. The van der Waals surface area contributed by atoms with Gasteiger partial charge >= 0.3 is 43.7 Å². The first-order valence-electron chi connectivity index (χ1n) is 27.3. The molecule has 9 rings (SSSR count). The van der Waals surface area contributed by atoms with Crippen molar-refractivity contribution in [3.05, 3.63) is 204 Å². The standard InChI is InChI=1S/C33H35FN2O5.C33H33FN2O4.Ca/c1-21(2)31-30(33(41)35-25-11-7-4-8-12-25)29(22-9-5-3-6-10-22)32(23-13-15-24(34)16-14-23)36(31)18-17-26(37)19-27(38)20-28(39)40;1-21(2)31-30(33(39)35-25-11-7-4-8-12-25)29(22-9-5-3-6-10-22)32(23-13-15-24(34)16-14-23)36(31)18-17-27-19-26(37)20-28(38)40-27;/h3-16,21,26-27,37-38H,17-20H2,1-2H3,(H,35,41)(H,39,40);3-16,21,26-27,37H,17-20H2,1-2H3,(H,35,39);/q;;+2/p-1/t2*26-,27-;/m11./s1. The van der Waals surface area contributed by atoms with Crippen LogP contribution in [0.5, 0.6) is 0 Å². The molecule has 3 heterocycles. The number of nitrogens with one attached hydrogen (secondary N) is 2. The number of benzene rings is 6. The van der Waals surface area contributed by atoms with E-state index in [9.17, 15) is 48.4 Å². The Hall–Kier alpha value is -7.24. The number of rotatable bonds is 20. The normalized spacial score (nSPS) is 14.7. The Bertz CT molecular complexity index is 3410. The van der Waals surface area contributed by atoms with Gasteiger partial charge in [-0.05, 0) is 120 Å². The summed E-state index contributed by atoms with van der Waals surface area (Å²) >= 11 is 0. The molecular formula is C66H67CaF2N4O9+. The number of esters is 1. The molecule has 5 N–H and O–H groups in total. The van der Waals surface area contributed by atoms with Gasteiger partial charge in [-0.15, -0.1) is 0 Å². The van der Waals surface area contributed by atoms with Crippen molar-refractivity contribution < 1.29 is 53.1 Å². The summed E-state index contributed by atoms with van der Waals surface area (Å²) in [6.07, 6.45) is -3.12. The number of nitrogens with zero attached hydrogens (tertiary/aromatic N) is 2. The maximum atomic E-state index is 14.1. The number of amides is 2. The summed E-state index contributed by atoms with van der Waals surface area (Å²) in [5.74, 6) is -3.25. The van der Waals surface area contributed by atoms with E-state index in [1.807, 2.05) is 141 Å². The summed E-state index contributed by atoms with van der Waals surface area (Å²) in [5.41, 5.74) is 9.94. The Balaban J connectivity index is 0.000000233. The minimum Gasteiger partial charge on any atom is -0.550 e. The van der Waals surface area contributed by atoms with Crippen molar-refractivity contribution in [1.29, 1.82) is 0 Å². The Morgan fingerprint density at radius 2 is 1.00 bits per heavy atom. The molecule has 6 aromatic carbocycles. The van der Waals surface area contributed by atoms with E-state index in [4.69, 9.17) is 4.74 Å². The Labute approximate surface area is 506 Å². The molecule has 0 bridgehead atoms. The number of carbonyl (C=O) groups excluding carboxylic acids is 4. The number of aliphatic hydroxyl groups excluding tert-OH is 3. The predicted octanol–water partition coefficient (Wildman–Crippen LogP) is 11.4. The second-order valence-corrected chi connectivity index (χ2v) is 20.9. The first kappa shape index (κ1) is 62.4. The van der Waals surface area contributed by atoms with Crippen LogP contribution in [0.25, 0.3) is 44.8 Å². The van der Waals surface area contributed by atoms with Crippen molar-refractivity contribution in [3.63, 3.8) is 0 Å². The second kappa shape index (κ2) is 29.1. The smallest absolute Gasteiger partial charge is 0.550 e. The first-order valence-corrected chi connectivity index (χ1v) is 27.3. The second-order valence-electron chi connectivity index (χ2n) is 20.9. The summed E-state index contributed by atoms with van der Waals surface area (Å²) in [5, 5.41) is 47.8.